The van der Waals surface area contributed by atoms with Gasteiger partial charge >= 0.3 is 5.97 Å². The minimum atomic E-state index is -0.195. The molecule has 4 fully saturated rings. The lowest BCUT2D eigenvalue weighted by Gasteiger charge is -2.60. The van der Waals surface area contributed by atoms with Crippen molar-refractivity contribution in [3.05, 3.63) is 33.4 Å². The number of carbonyl (C=O) groups excluding carboxylic acids is 1. The number of hydrogen-bond acceptors (Lipinski definition) is 3. The van der Waals surface area contributed by atoms with Gasteiger partial charge in [0.25, 0.3) is 0 Å². The Balaban J connectivity index is 1.33. The Hall–Kier alpha value is -0.620. The van der Waals surface area contributed by atoms with Crippen LogP contribution in [0.1, 0.15) is 48.9 Å². The molecular weight excluding hydrogens is 413 g/mol. The van der Waals surface area contributed by atoms with E-state index in [2.05, 4.69) is 34.5 Å². The molecule has 4 aliphatic rings. The lowest BCUT2D eigenvalue weighted by molar-refractivity contribution is -0.0829. The second kappa shape index (κ2) is 6.60. The van der Waals surface area contributed by atoms with Gasteiger partial charge in [-0.05, 0) is 98.0 Å². The third-order valence-electron chi connectivity index (χ3n) is 6.57. The first-order valence-electron chi connectivity index (χ1n) is 9.19. The molecule has 0 aliphatic heterocycles. The van der Waals surface area contributed by atoms with Crippen LogP contribution in [0.15, 0.2) is 24.3 Å². The predicted octanol–water partition coefficient (Wildman–Crippen LogP) is 4.35. The molecule has 5 rings (SSSR count). The molecule has 4 heteroatoms. The molecule has 130 valence electrons. The Morgan fingerprint density at radius 3 is 2.33 bits per heavy atom. The highest BCUT2D eigenvalue weighted by Gasteiger charge is 2.52. The molecule has 3 nitrogen and oxygen atoms in total. The predicted molar refractivity (Wildman–Crippen MR) is 103 cm³/mol. The van der Waals surface area contributed by atoms with Gasteiger partial charge in [0.15, 0.2) is 0 Å². The zero-order valence-electron chi connectivity index (χ0n) is 14.3. The number of halogens is 1. The van der Waals surface area contributed by atoms with E-state index >= 15 is 0 Å². The molecule has 4 bridgehead atoms. The Morgan fingerprint density at radius 2 is 1.75 bits per heavy atom. The van der Waals surface area contributed by atoms with Gasteiger partial charge in [0.05, 0.1) is 5.56 Å². The highest BCUT2D eigenvalue weighted by Crippen LogP contribution is 2.57. The number of hydrogen-bond donors (Lipinski definition) is 0. The van der Waals surface area contributed by atoms with Gasteiger partial charge in [-0.25, -0.2) is 4.79 Å². The number of ether oxygens (including phenoxy) is 1. The van der Waals surface area contributed by atoms with Gasteiger partial charge in [-0.1, -0.05) is 12.1 Å². The molecule has 4 saturated carbocycles. The molecule has 0 heterocycles. The molecular formula is C20H26INO2. The highest BCUT2D eigenvalue weighted by atomic mass is 127. The topological polar surface area (TPSA) is 29.5 Å². The van der Waals surface area contributed by atoms with Crippen LogP contribution in [0.5, 0.6) is 0 Å². The molecule has 4 aliphatic carbocycles. The van der Waals surface area contributed by atoms with Crippen molar-refractivity contribution in [3.8, 4) is 0 Å². The molecule has 0 N–H and O–H groups in total. The molecule has 0 unspecified atom stereocenters. The average molecular weight is 439 g/mol. The average Bonchev–Trinajstić information content (AvgIpc) is 2.53. The van der Waals surface area contributed by atoms with Crippen molar-refractivity contribution >= 4 is 28.6 Å². The summed E-state index contributed by atoms with van der Waals surface area (Å²) in [6.45, 7) is 1.34. The third kappa shape index (κ3) is 3.12. The molecule has 0 amide bonds. The minimum absolute atomic E-state index is 0.195. The van der Waals surface area contributed by atoms with Crippen molar-refractivity contribution in [2.24, 2.45) is 17.8 Å². The van der Waals surface area contributed by atoms with E-state index in [0.29, 0.717) is 17.7 Å². The Morgan fingerprint density at radius 1 is 1.17 bits per heavy atom. The second-order valence-corrected chi connectivity index (χ2v) is 9.34. The van der Waals surface area contributed by atoms with Crippen LogP contribution in [0.25, 0.3) is 0 Å². The Kier molecular flexibility index (Phi) is 4.63. The number of carbonyl (C=O) groups is 1. The van der Waals surface area contributed by atoms with Gasteiger partial charge in [-0.2, -0.15) is 0 Å². The summed E-state index contributed by atoms with van der Waals surface area (Å²) in [5.74, 6) is 2.66. The number of rotatable bonds is 5. The van der Waals surface area contributed by atoms with Crippen LogP contribution in [0.4, 0.5) is 0 Å². The van der Waals surface area contributed by atoms with Crippen molar-refractivity contribution in [2.45, 2.75) is 44.1 Å². The number of esters is 1. The van der Waals surface area contributed by atoms with E-state index in [4.69, 9.17) is 4.74 Å². The van der Waals surface area contributed by atoms with Crippen LogP contribution in [0.3, 0.4) is 0 Å². The molecule has 0 aromatic heterocycles. The third-order valence-corrected chi connectivity index (χ3v) is 7.51. The van der Waals surface area contributed by atoms with E-state index in [1.807, 2.05) is 24.3 Å². The quantitative estimate of drug-likeness (QED) is 0.505. The van der Waals surface area contributed by atoms with Crippen molar-refractivity contribution < 1.29 is 9.53 Å². The first kappa shape index (κ1) is 16.8. The first-order chi connectivity index (χ1) is 11.6. The summed E-state index contributed by atoms with van der Waals surface area (Å²) >= 11 is 2.19. The van der Waals surface area contributed by atoms with Gasteiger partial charge in [-0.15, -0.1) is 0 Å². The van der Waals surface area contributed by atoms with Crippen LogP contribution in [0.2, 0.25) is 0 Å². The molecule has 24 heavy (non-hydrogen) atoms. The van der Waals surface area contributed by atoms with E-state index in [1.165, 1.54) is 38.5 Å². The van der Waals surface area contributed by atoms with Gasteiger partial charge < -0.3 is 4.74 Å². The number of nitrogens with zero attached hydrogens (tertiary/aromatic N) is 1. The van der Waals surface area contributed by atoms with E-state index in [-0.39, 0.29) is 5.97 Å². The van der Waals surface area contributed by atoms with Crippen LogP contribution >= 0.6 is 22.6 Å². The molecule has 1 aromatic carbocycles. The van der Waals surface area contributed by atoms with Gasteiger partial charge in [0.1, 0.15) is 6.61 Å². The first-order valence-corrected chi connectivity index (χ1v) is 10.3. The maximum atomic E-state index is 12.2. The van der Waals surface area contributed by atoms with Crippen LogP contribution in [-0.2, 0) is 4.74 Å². The Labute approximate surface area is 158 Å². The van der Waals surface area contributed by atoms with Crippen LogP contribution < -0.4 is 0 Å². The van der Waals surface area contributed by atoms with Crippen molar-refractivity contribution in [1.29, 1.82) is 0 Å². The van der Waals surface area contributed by atoms with E-state index in [9.17, 15) is 4.79 Å². The number of likely N-dealkylation sites (N-methyl/N-ethyl adjacent to an activating group) is 1. The Bertz CT molecular complexity index is 595. The maximum absolute atomic E-state index is 12.2. The van der Waals surface area contributed by atoms with Crippen molar-refractivity contribution in [3.63, 3.8) is 0 Å². The fourth-order valence-electron chi connectivity index (χ4n) is 5.75. The number of benzene rings is 1. The van der Waals surface area contributed by atoms with E-state index in [1.54, 1.807) is 0 Å². The molecule has 0 saturated heterocycles. The maximum Gasteiger partial charge on any atom is 0.339 e. The van der Waals surface area contributed by atoms with Crippen LogP contribution in [-0.4, -0.2) is 36.6 Å². The molecule has 0 spiro atoms. The summed E-state index contributed by atoms with van der Waals surface area (Å²) in [6, 6.07) is 7.62. The fourth-order valence-corrected chi connectivity index (χ4v) is 6.36. The molecule has 1 aromatic rings. The SMILES string of the molecule is CN(CCOC(=O)c1ccccc1I)C12CC3CC(CC(C3)C1)C2. The fraction of sp³-hybridized carbons (Fsp3) is 0.650. The largest absolute Gasteiger partial charge is 0.461 e. The monoisotopic (exact) mass is 439 g/mol. The summed E-state index contributed by atoms with van der Waals surface area (Å²) in [5, 5.41) is 0. The summed E-state index contributed by atoms with van der Waals surface area (Å²) in [6.07, 6.45) is 8.48. The summed E-state index contributed by atoms with van der Waals surface area (Å²) in [4.78, 5) is 14.8. The molecule has 0 atom stereocenters. The second-order valence-electron chi connectivity index (χ2n) is 8.18. The van der Waals surface area contributed by atoms with Gasteiger partial charge in [0, 0.05) is 15.7 Å². The lowest BCUT2D eigenvalue weighted by atomic mass is 9.52. The zero-order chi connectivity index (χ0) is 16.7. The summed E-state index contributed by atoms with van der Waals surface area (Å²) in [5.41, 5.74) is 1.07. The van der Waals surface area contributed by atoms with Crippen molar-refractivity contribution in [1.82, 2.24) is 4.90 Å². The smallest absolute Gasteiger partial charge is 0.339 e. The summed E-state index contributed by atoms with van der Waals surface area (Å²) < 4.78 is 6.51. The van der Waals surface area contributed by atoms with E-state index in [0.717, 1.165) is 27.9 Å². The van der Waals surface area contributed by atoms with Gasteiger partial charge in [-0.3, -0.25) is 4.90 Å². The standard InChI is InChI=1S/C20H26INO2/c1-22(6-7-24-19(23)17-4-2-3-5-18(17)21)20-11-14-8-15(12-20)10-16(9-14)13-20/h2-5,14-16H,6-13H2,1H3. The lowest BCUT2D eigenvalue weighted by Crippen LogP contribution is -2.59. The highest BCUT2D eigenvalue weighted by molar-refractivity contribution is 14.1. The van der Waals surface area contributed by atoms with Gasteiger partial charge in [0.2, 0.25) is 0 Å². The zero-order valence-corrected chi connectivity index (χ0v) is 16.5. The van der Waals surface area contributed by atoms with Crippen molar-refractivity contribution in [2.75, 3.05) is 20.2 Å². The molecule has 0 radical (unpaired) electrons. The van der Waals surface area contributed by atoms with E-state index < -0.39 is 0 Å². The minimum Gasteiger partial charge on any atom is -0.461 e. The summed E-state index contributed by atoms with van der Waals surface area (Å²) in [7, 11) is 2.24. The van der Waals surface area contributed by atoms with Crippen LogP contribution in [0, 0.1) is 21.3 Å². The normalized spacial score (nSPS) is 33.9.